The predicted molar refractivity (Wildman–Crippen MR) is 74.9 cm³/mol. The van der Waals surface area contributed by atoms with E-state index in [0.29, 0.717) is 6.42 Å². The summed E-state index contributed by atoms with van der Waals surface area (Å²) in [6, 6.07) is 5.04. The fraction of sp³-hybridized carbons (Fsp3) is 0.385. The number of primary amides is 1. The molecule has 0 spiro atoms. The number of nitrogens with one attached hydrogen (secondary N) is 1. The first-order valence-corrected chi connectivity index (χ1v) is 7.86. The maximum atomic E-state index is 12.1. The molecule has 0 aliphatic carbocycles. The van der Waals surface area contributed by atoms with Crippen molar-refractivity contribution >= 4 is 21.7 Å². The van der Waals surface area contributed by atoms with Gasteiger partial charge in [-0.15, -0.1) is 0 Å². The summed E-state index contributed by atoms with van der Waals surface area (Å²) in [7, 11) is -3.52. The molecule has 3 N–H and O–H groups in total. The lowest BCUT2D eigenvalue weighted by molar-refractivity contribution is -0.119. The number of nitrogens with two attached hydrogens (primary N) is 1. The summed E-state index contributed by atoms with van der Waals surface area (Å²) in [5.41, 5.74) is 5.08. The van der Waals surface area contributed by atoms with E-state index in [2.05, 4.69) is 5.32 Å². The van der Waals surface area contributed by atoms with Crippen molar-refractivity contribution in [1.29, 1.82) is 0 Å². The van der Waals surface area contributed by atoms with Crippen molar-refractivity contribution in [1.82, 2.24) is 5.32 Å². The summed E-state index contributed by atoms with van der Waals surface area (Å²) in [6.45, 7) is 3.18. The fourth-order valence-corrected chi connectivity index (χ4v) is 3.19. The predicted octanol–water partition coefficient (Wildman–Crippen LogP) is 0.474. The molecule has 0 heterocycles. The van der Waals surface area contributed by atoms with Gasteiger partial charge in [-0.05, 0) is 25.5 Å². The monoisotopic (exact) mass is 298 g/mol. The van der Waals surface area contributed by atoms with E-state index in [-0.39, 0.29) is 16.2 Å². The second-order valence-electron chi connectivity index (χ2n) is 4.41. The van der Waals surface area contributed by atoms with Gasteiger partial charge in [0.15, 0.2) is 9.84 Å². The number of hydrogen-bond acceptors (Lipinski definition) is 4. The topological polar surface area (TPSA) is 106 Å². The SMILES string of the molecule is CCCS(=O)(=O)c1ccccc1C(=O)N[C@H](C)C(N)=O. The van der Waals surface area contributed by atoms with Crippen LogP contribution in [0.4, 0.5) is 0 Å². The lowest BCUT2D eigenvalue weighted by atomic mass is 10.2. The van der Waals surface area contributed by atoms with Crippen LogP contribution in [0.25, 0.3) is 0 Å². The van der Waals surface area contributed by atoms with Crippen LogP contribution in [0.1, 0.15) is 30.6 Å². The molecule has 2 amide bonds. The Hall–Kier alpha value is -1.89. The summed E-state index contributed by atoms with van der Waals surface area (Å²) >= 11 is 0. The molecule has 7 heteroatoms. The van der Waals surface area contributed by atoms with Crippen LogP contribution in [-0.4, -0.2) is 32.0 Å². The van der Waals surface area contributed by atoms with Gasteiger partial charge in [0.2, 0.25) is 5.91 Å². The maximum Gasteiger partial charge on any atom is 0.253 e. The van der Waals surface area contributed by atoms with Gasteiger partial charge in [0, 0.05) is 0 Å². The number of sulfone groups is 1. The Labute approximate surface area is 118 Å². The number of carbonyl (C=O) groups excluding carboxylic acids is 2. The van der Waals surface area contributed by atoms with Gasteiger partial charge < -0.3 is 11.1 Å². The molecule has 1 aromatic carbocycles. The molecule has 0 aliphatic heterocycles. The van der Waals surface area contributed by atoms with E-state index in [4.69, 9.17) is 5.73 Å². The van der Waals surface area contributed by atoms with Crippen LogP contribution in [0, 0.1) is 0 Å². The summed E-state index contributed by atoms with van der Waals surface area (Å²) < 4.78 is 24.2. The summed E-state index contributed by atoms with van der Waals surface area (Å²) in [4.78, 5) is 23.0. The maximum absolute atomic E-state index is 12.1. The highest BCUT2D eigenvalue weighted by atomic mass is 32.2. The van der Waals surface area contributed by atoms with Gasteiger partial charge in [0.05, 0.1) is 16.2 Å². The minimum Gasteiger partial charge on any atom is -0.368 e. The van der Waals surface area contributed by atoms with Gasteiger partial charge in [-0.3, -0.25) is 9.59 Å². The van der Waals surface area contributed by atoms with E-state index in [0.717, 1.165) is 0 Å². The van der Waals surface area contributed by atoms with E-state index in [1.54, 1.807) is 19.1 Å². The Morgan fingerprint density at radius 1 is 1.30 bits per heavy atom. The van der Waals surface area contributed by atoms with Crippen molar-refractivity contribution in [3.63, 3.8) is 0 Å². The van der Waals surface area contributed by atoms with E-state index >= 15 is 0 Å². The standard InChI is InChI=1S/C13H18N2O4S/c1-3-8-20(18,19)11-7-5-4-6-10(11)13(17)15-9(2)12(14)16/h4-7,9H,3,8H2,1-2H3,(H2,14,16)(H,15,17)/t9-/m1/s1. The molecular formula is C13H18N2O4S. The third-order valence-corrected chi connectivity index (χ3v) is 4.69. The highest BCUT2D eigenvalue weighted by Gasteiger charge is 2.23. The van der Waals surface area contributed by atoms with Crippen LogP contribution >= 0.6 is 0 Å². The fourth-order valence-electron chi connectivity index (χ4n) is 1.65. The molecule has 110 valence electrons. The zero-order valence-electron chi connectivity index (χ0n) is 11.4. The van der Waals surface area contributed by atoms with Crippen molar-refractivity contribution in [3.8, 4) is 0 Å². The van der Waals surface area contributed by atoms with Crippen LogP contribution in [0.3, 0.4) is 0 Å². The van der Waals surface area contributed by atoms with Gasteiger partial charge in [-0.25, -0.2) is 8.42 Å². The molecule has 1 rings (SSSR count). The first-order chi connectivity index (χ1) is 9.29. The highest BCUT2D eigenvalue weighted by Crippen LogP contribution is 2.17. The van der Waals surface area contributed by atoms with Crippen LogP contribution < -0.4 is 11.1 Å². The molecule has 0 aromatic heterocycles. The molecular weight excluding hydrogens is 280 g/mol. The Kier molecular flexibility index (Phi) is 5.26. The van der Waals surface area contributed by atoms with Crippen molar-refractivity contribution in [2.24, 2.45) is 5.73 Å². The zero-order chi connectivity index (χ0) is 15.3. The molecule has 0 saturated heterocycles. The first-order valence-electron chi connectivity index (χ1n) is 6.21. The van der Waals surface area contributed by atoms with E-state index in [1.807, 2.05) is 0 Å². The summed E-state index contributed by atoms with van der Waals surface area (Å²) in [6.07, 6.45) is 0.454. The van der Waals surface area contributed by atoms with Crippen LogP contribution in [-0.2, 0) is 14.6 Å². The largest absolute Gasteiger partial charge is 0.368 e. The second-order valence-corrected chi connectivity index (χ2v) is 6.49. The lowest BCUT2D eigenvalue weighted by Gasteiger charge is -2.13. The van der Waals surface area contributed by atoms with Gasteiger partial charge in [-0.1, -0.05) is 19.1 Å². The Bertz CT molecular complexity index is 611. The van der Waals surface area contributed by atoms with Crippen molar-refractivity contribution in [2.45, 2.75) is 31.2 Å². The number of carbonyl (C=O) groups is 2. The van der Waals surface area contributed by atoms with E-state index < -0.39 is 27.7 Å². The minimum atomic E-state index is -3.52. The van der Waals surface area contributed by atoms with Crippen LogP contribution in [0.2, 0.25) is 0 Å². The average Bonchev–Trinajstić information content (AvgIpc) is 2.38. The number of benzene rings is 1. The Morgan fingerprint density at radius 2 is 1.90 bits per heavy atom. The first kappa shape index (κ1) is 16.2. The molecule has 0 aliphatic rings. The zero-order valence-corrected chi connectivity index (χ0v) is 12.2. The normalized spacial score (nSPS) is 12.7. The molecule has 0 saturated carbocycles. The molecule has 0 unspecified atom stereocenters. The number of hydrogen-bond donors (Lipinski definition) is 2. The van der Waals surface area contributed by atoms with Crippen molar-refractivity contribution < 1.29 is 18.0 Å². The second kappa shape index (κ2) is 6.51. The van der Waals surface area contributed by atoms with Crippen molar-refractivity contribution in [3.05, 3.63) is 29.8 Å². The third kappa shape index (κ3) is 3.80. The summed E-state index contributed by atoms with van der Waals surface area (Å²) in [5.74, 6) is -1.36. The molecule has 6 nitrogen and oxygen atoms in total. The molecule has 1 atom stereocenters. The van der Waals surface area contributed by atoms with E-state index in [9.17, 15) is 18.0 Å². The number of rotatable bonds is 6. The van der Waals surface area contributed by atoms with Gasteiger partial charge in [-0.2, -0.15) is 0 Å². The summed E-state index contributed by atoms with van der Waals surface area (Å²) in [5, 5.41) is 2.37. The quantitative estimate of drug-likeness (QED) is 0.796. The van der Waals surface area contributed by atoms with Crippen molar-refractivity contribution in [2.75, 3.05) is 5.75 Å². The van der Waals surface area contributed by atoms with Crippen LogP contribution in [0.15, 0.2) is 29.2 Å². The average molecular weight is 298 g/mol. The molecule has 0 radical (unpaired) electrons. The van der Waals surface area contributed by atoms with Gasteiger partial charge in [0.1, 0.15) is 6.04 Å². The molecule has 0 bridgehead atoms. The smallest absolute Gasteiger partial charge is 0.253 e. The highest BCUT2D eigenvalue weighted by molar-refractivity contribution is 7.91. The third-order valence-electron chi connectivity index (χ3n) is 2.71. The molecule has 0 fully saturated rings. The Balaban J connectivity index is 3.14. The van der Waals surface area contributed by atoms with Gasteiger partial charge in [0.25, 0.3) is 5.91 Å². The molecule has 1 aromatic rings. The van der Waals surface area contributed by atoms with Gasteiger partial charge >= 0.3 is 0 Å². The number of amides is 2. The van der Waals surface area contributed by atoms with E-state index in [1.165, 1.54) is 19.1 Å². The molecule has 20 heavy (non-hydrogen) atoms. The minimum absolute atomic E-state index is 0.0223. The lowest BCUT2D eigenvalue weighted by Crippen LogP contribution is -2.42. The van der Waals surface area contributed by atoms with Crippen LogP contribution in [0.5, 0.6) is 0 Å². The Morgan fingerprint density at radius 3 is 2.45 bits per heavy atom.